The molecule has 1 aliphatic carbocycles. The molecule has 1 aromatic rings. The molecule has 2 rings (SSSR count). The second-order valence-electron chi connectivity index (χ2n) is 5.33. The van der Waals surface area contributed by atoms with Crippen molar-refractivity contribution in [3.05, 3.63) is 34.4 Å². The molecule has 0 fully saturated rings. The number of ketones is 1. The van der Waals surface area contributed by atoms with Crippen LogP contribution in [-0.2, 0) is 6.42 Å². The maximum Gasteiger partial charge on any atom is 0.163 e. The van der Waals surface area contributed by atoms with Gasteiger partial charge in [0.1, 0.15) is 0 Å². The van der Waals surface area contributed by atoms with Crippen LogP contribution in [-0.4, -0.2) is 5.78 Å². The van der Waals surface area contributed by atoms with Gasteiger partial charge in [-0.1, -0.05) is 39.8 Å². The van der Waals surface area contributed by atoms with Crippen molar-refractivity contribution in [3.63, 3.8) is 0 Å². The summed E-state index contributed by atoms with van der Waals surface area (Å²) < 4.78 is 0. The highest BCUT2D eigenvalue weighted by Crippen LogP contribution is 2.35. The maximum atomic E-state index is 12.0. The first kappa shape index (κ1) is 11.4. The summed E-state index contributed by atoms with van der Waals surface area (Å²) >= 11 is 0. The van der Waals surface area contributed by atoms with Crippen molar-refractivity contribution < 1.29 is 4.79 Å². The normalized spacial score (nSPS) is 15.0. The van der Waals surface area contributed by atoms with Gasteiger partial charge in [-0.25, -0.2) is 0 Å². The Labute approximate surface area is 97.9 Å². The molecule has 0 amide bonds. The standard InChI is InChI=1S/C15H20O/c1-9(2)11-5-6-12(10(3)4)15-13(11)7-8-14(15)16/h5-6,9-10H,7-8H2,1-4H3. The van der Waals surface area contributed by atoms with Crippen molar-refractivity contribution >= 4 is 5.78 Å². The largest absolute Gasteiger partial charge is 0.294 e. The van der Waals surface area contributed by atoms with Crippen molar-refractivity contribution in [1.29, 1.82) is 0 Å². The Kier molecular flexibility index (Phi) is 2.88. The maximum absolute atomic E-state index is 12.0. The van der Waals surface area contributed by atoms with Gasteiger partial charge in [-0.15, -0.1) is 0 Å². The van der Waals surface area contributed by atoms with Gasteiger partial charge in [0, 0.05) is 12.0 Å². The molecule has 0 aliphatic heterocycles. The van der Waals surface area contributed by atoms with Crippen LogP contribution in [0.3, 0.4) is 0 Å². The summed E-state index contributed by atoms with van der Waals surface area (Å²) in [6.07, 6.45) is 1.65. The van der Waals surface area contributed by atoms with Crippen molar-refractivity contribution in [2.75, 3.05) is 0 Å². The van der Waals surface area contributed by atoms with E-state index >= 15 is 0 Å². The molecule has 0 saturated carbocycles. The van der Waals surface area contributed by atoms with Gasteiger partial charge in [0.15, 0.2) is 5.78 Å². The third-order valence-corrected chi connectivity index (χ3v) is 3.51. The lowest BCUT2D eigenvalue weighted by molar-refractivity contribution is 0.0993. The topological polar surface area (TPSA) is 17.1 Å². The summed E-state index contributed by atoms with van der Waals surface area (Å²) in [6, 6.07) is 4.37. The van der Waals surface area contributed by atoms with Crippen molar-refractivity contribution in [1.82, 2.24) is 0 Å². The molecule has 16 heavy (non-hydrogen) atoms. The monoisotopic (exact) mass is 216 g/mol. The van der Waals surface area contributed by atoms with Crippen molar-refractivity contribution in [2.45, 2.75) is 52.4 Å². The van der Waals surface area contributed by atoms with Crippen LogP contribution in [0.2, 0.25) is 0 Å². The number of Topliss-reactive ketones (excluding diaryl/α,β-unsaturated/α-hetero) is 1. The predicted octanol–water partition coefficient (Wildman–Crippen LogP) is 4.06. The van der Waals surface area contributed by atoms with Crippen LogP contribution in [0.5, 0.6) is 0 Å². The smallest absolute Gasteiger partial charge is 0.163 e. The fourth-order valence-electron chi connectivity index (χ4n) is 2.67. The van der Waals surface area contributed by atoms with Gasteiger partial charge in [-0.2, -0.15) is 0 Å². The second kappa shape index (κ2) is 4.04. The lowest BCUT2D eigenvalue weighted by atomic mass is 9.88. The Morgan fingerprint density at radius 1 is 0.938 bits per heavy atom. The quantitative estimate of drug-likeness (QED) is 0.728. The van der Waals surface area contributed by atoms with E-state index < -0.39 is 0 Å². The molecule has 1 aliphatic rings. The molecule has 0 radical (unpaired) electrons. The van der Waals surface area contributed by atoms with E-state index in [-0.39, 0.29) is 0 Å². The highest BCUT2D eigenvalue weighted by atomic mass is 16.1. The van der Waals surface area contributed by atoms with E-state index in [4.69, 9.17) is 0 Å². The third kappa shape index (κ3) is 1.68. The Morgan fingerprint density at radius 3 is 2.06 bits per heavy atom. The number of carbonyl (C=O) groups excluding carboxylic acids is 1. The van der Waals surface area contributed by atoms with Crippen LogP contribution in [0.1, 0.15) is 73.0 Å². The fourth-order valence-corrected chi connectivity index (χ4v) is 2.67. The molecule has 86 valence electrons. The molecule has 0 saturated heterocycles. The minimum atomic E-state index is 0.348. The first-order chi connectivity index (χ1) is 7.52. The minimum absolute atomic E-state index is 0.348. The zero-order chi connectivity index (χ0) is 11.9. The summed E-state index contributed by atoms with van der Waals surface area (Å²) in [5, 5.41) is 0. The Bertz CT molecular complexity index is 427. The van der Waals surface area contributed by atoms with Crippen molar-refractivity contribution in [2.24, 2.45) is 0 Å². The predicted molar refractivity (Wildman–Crippen MR) is 67.3 cm³/mol. The van der Waals surface area contributed by atoms with Crippen LogP contribution in [0, 0.1) is 0 Å². The Morgan fingerprint density at radius 2 is 1.50 bits per heavy atom. The average molecular weight is 216 g/mol. The first-order valence-electron chi connectivity index (χ1n) is 6.21. The lowest BCUT2D eigenvalue weighted by Gasteiger charge is -2.16. The highest BCUT2D eigenvalue weighted by Gasteiger charge is 2.26. The number of hydrogen-bond acceptors (Lipinski definition) is 1. The van der Waals surface area contributed by atoms with Crippen LogP contribution >= 0.6 is 0 Å². The molecule has 1 nitrogen and oxygen atoms in total. The summed E-state index contributed by atoms with van der Waals surface area (Å²) in [6.45, 7) is 8.73. The number of rotatable bonds is 2. The molecular weight excluding hydrogens is 196 g/mol. The molecule has 0 spiro atoms. The Balaban J connectivity index is 2.64. The van der Waals surface area contributed by atoms with Gasteiger partial charge >= 0.3 is 0 Å². The van der Waals surface area contributed by atoms with E-state index in [0.29, 0.717) is 24.0 Å². The van der Waals surface area contributed by atoms with Crippen LogP contribution < -0.4 is 0 Å². The van der Waals surface area contributed by atoms with E-state index in [2.05, 4.69) is 39.8 Å². The van der Waals surface area contributed by atoms with E-state index in [1.807, 2.05) is 0 Å². The van der Waals surface area contributed by atoms with Crippen molar-refractivity contribution in [3.8, 4) is 0 Å². The summed E-state index contributed by atoms with van der Waals surface area (Å²) in [5.74, 6) is 1.30. The lowest BCUT2D eigenvalue weighted by Crippen LogP contribution is -2.04. The fraction of sp³-hybridized carbons (Fsp3) is 0.533. The Hall–Kier alpha value is -1.11. The molecule has 0 N–H and O–H groups in total. The van der Waals surface area contributed by atoms with Gasteiger partial charge in [0.05, 0.1) is 0 Å². The zero-order valence-electron chi connectivity index (χ0n) is 10.6. The molecule has 1 aromatic carbocycles. The molecule has 0 atom stereocenters. The summed E-state index contributed by atoms with van der Waals surface area (Å²) in [4.78, 5) is 12.0. The minimum Gasteiger partial charge on any atom is -0.294 e. The first-order valence-corrected chi connectivity index (χ1v) is 6.21. The highest BCUT2D eigenvalue weighted by molar-refractivity contribution is 6.02. The average Bonchev–Trinajstić information content (AvgIpc) is 2.59. The molecule has 0 unspecified atom stereocenters. The summed E-state index contributed by atoms with van der Waals surface area (Å²) in [5.41, 5.74) is 4.97. The molecule has 0 heterocycles. The van der Waals surface area contributed by atoms with Gasteiger partial charge in [0.2, 0.25) is 0 Å². The van der Waals surface area contributed by atoms with E-state index in [9.17, 15) is 4.79 Å². The van der Waals surface area contributed by atoms with Gasteiger partial charge in [-0.3, -0.25) is 4.79 Å². The van der Waals surface area contributed by atoms with E-state index in [1.54, 1.807) is 0 Å². The zero-order valence-corrected chi connectivity index (χ0v) is 10.6. The number of benzene rings is 1. The molecule has 0 bridgehead atoms. The van der Waals surface area contributed by atoms with Gasteiger partial charge in [0.25, 0.3) is 0 Å². The third-order valence-electron chi connectivity index (χ3n) is 3.51. The number of carbonyl (C=O) groups is 1. The number of fused-ring (bicyclic) bond motifs is 1. The molecule has 0 aromatic heterocycles. The van der Waals surface area contributed by atoms with E-state index in [0.717, 1.165) is 12.0 Å². The van der Waals surface area contributed by atoms with E-state index in [1.165, 1.54) is 16.7 Å². The summed E-state index contributed by atoms with van der Waals surface area (Å²) in [7, 11) is 0. The SMILES string of the molecule is CC(C)c1ccc(C(C)C)c2c1CCC2=O. The number of hydrogen-bond donors (Lipinski definition) is 0. The van der Waals surface area contributed by atoms with Crippen LogP contribution in [0.25, 0.3) is 0 Å². The second-order valence-corrected chi connectivity index (χ2v) is 5.33. The molecular formula is C15H20O. The van der Waals surface area contributed by atoms with Gasteiger partial charge in [-0.05, 0) is 34.9 Å². The van der Waals surface area contributed by atoms with Gasteiger partial charge < -0.3 is 0 Å². The van der Waals surface area contributed by atoms with Crippen LogP contribution in [0.15, 0.2) is 12.1 Å². The molecule has 1 heteroatoms. The van der Waals surface area contributed by atoms with Crippen LogP contribution in [0.4, 0.5) is 0 Å².